The van der Waals surface area contributed by atoms with Crippen molar-refractivity contribution in [1.29, 1.82) is 0 Å². The molecule has 3 rings (SSSR count). The molecule has 2 heterocycles. The van der Waals surface area contributed by atoms with E-state index in [9.17, 15) is 8.42 Å². The Kier molecular flexibility index (Phi) is 4.76. The van der Waals surface area contributed by atoms with Gasteiger partial charge in [-0.25, -0.2) is 13.4 Å². The van der Waals surface area contributed by atoms with E-state index >= 15 is 0 Å². The topological polar surface area (TPSA) is 59.1 Å². The number of nitrogens with one attached hydrogen (secondary N) is 1. The highest BCUT2D eigenvalue weighted by atomic mass is 32.2. The van der Waals surface area contributed by atoms with Gasteiger partial charge in [0.05, 0.1) is 16.3 Å². The van der Waals surface area contributed by atoms with E-state index < -0.39 is 10.0 Å². The summed E-state index contributed by atoms with van der Waals surface area (Å²) >= 11 is 2.79. The number of thiazole rings is 1. The number of aromatic nitrogens is 1. The number of para-hydroxylation sites is 1. The molecule has 0 spiro atoms. The lowest BCUT2D eigenvalue weighted by Gasteiger charge is -2.08. The molecule has 3 aromatic rings. The zero-order valence-corrected chi connectivity index (χ0v) is 16.1. The van der Waals surface area contributed by atoms with Gasteiger partial charge in [0.2, 0.25) is 0 Å². The Morgan fingerprint density at radius 3 is 2.54 bits per heavy atom. The van der Waals surface area contributed by atoms with Gasteiger partial charge in [-0.15, -0.1) is 22.7 Å². The molecule has 2 aromatic heterocycles. The first kappa shape index (κ1) is 17.1. The third kappa shape index (κ3) is 3.53. The summed E-state index contributed by atoms with van der Waals surface area (Å²) in [7, 11) is -3.59. The number of hydrogen-bond acceptors (Lipinski definition) is 5. The van der Waals surface area contributed by atoms with Crippen LogP contribution in [-0.2, 0) is 10.0 Å². The first-order chi connectivity index (χ1) is 11.4. The van der Waals surface area contributed by atoms with Crippen molar-refractivity contribution in [2.24, 2.45) is 0 Å². The van der Waals surface area contributed by atoms with Crippen LogP contribution in [0, 0.1) is 6.92 Å². The van der Waals surface area contributed by atoms with Crippen molar-refractivity contribution in [3.63, 3.8) is 0 Å². The number of anilines is 1. The van der Waals surface area contributed by atoms with Crippen LogP contribution < -0.4 is 4.72 Å². The molecule has 126 valence electrons. The van der Waals surface area contributed by atoms with E-state index in [-0.39, 0.29) is 0 Å². The van der Waals surface area contributed by atoms with E-state index in [4.69, 9.17) is 0 Å². The van der Waals surface area contributed by atoms with Gasteiger partial charge in [-0.2, -0.15) is 0 Å². The fourth-order valence-electron chi connectivity index (χ4n) is 2.13. The van der Waals surface area contributed by atoms with Crippen molar-refractivity contribution in [3.8, 4) is 9.88 Å². The summed E-state index contributed by atoms with van der Waals surface area (Å²) in [6, 6.07) is 10.8. The van der Waals surface area contributed by atoms with Gasteiger partial charge in [0, 0.05) is 5.38 Å². The maximum Gasteiger partial charge on any atom is 0.271 e. The number of sulfonamides is 1. The molecule has 0 unspecified atom stereocenters. The van der Waals surface area contributed by atoms with E-state index in [0.717, 1.165) is 21.1 Å². The lowest BCUT2D eigenvalue weighted by atomic mass is 10.2. The lowest BCUT2D eigenvalue weighted by molar-refractivity contribution is 0.603. The largest absolute Gasteiger partial charge is 0.279 e. The first-order valence-electron chi connectivity index (χ1n) is 7.51. The molecule has 0 atom stereocenters. The van der Waals surface area contributed by atoms with E-state index in [1.807, 2.05) is 36.6 Å². The number of aryl methyl sites for hydroxylation is 1. The Morgan fingerprint density at radius 1 is 1.12 bits per heavy atom. The second kappa shape index (κ2) is 6.66. The summed E-state index contributed by atoms with van der Waals surface area (Å²) in [5.41, 5.74) is 2.52. The minimum atomic E-state index is -3.59. The Balaban J connectivity index is 1.87. The van der Waals surface area contributed by atoms with Crippen LogP contribution in [0.4, 0.5) is 5.69 Å². The molecular weight excluding hydrogens is 360 g/mol. The monoisotopic (exact) mass is 378 g/mol. The molecule has 0 radical (unpaired) electrons. The minimum absolute atomic E-state index is 0.294. The Labute approximate surface area is 150 Å². The molecule has 0 saturated carbocycles. The second-order valence-corrected chi connectivity index (χ2v) is 9.62. The Hall–Kier alpha value is -1.70. The Bertz CT molecular complexity index is 956. The summed E-state index contributed by atoms with van der Waals surface area (Å²) in [6.45, 7) is 6.06. The molecule has 1 N–H and O–H groups in total. The standard InChI is InChI=1S/C17H18N2O2S3/c1-11(2)14-10-22-17(18-14)15-8-9-16(23-15)24(20,21)19-13-7-5-4-6-12(13)3/h4-11,19H,1-3H3. The molecule has 0 aliphatic carbocycles. The highest BCUT2D eigenvalue weighted by molar-refractivity contribution is 7.94. The predicted molar refractivity (Wildman–Crippen MR) is 102 cm³/mol. The summed E-state index contributed by atoms with van der Waals surface area (Å²) < 4.78 is 28.1. The summed E-state index contributed by atoms with van der Waals surface area (Å²) in [5.74, 6) is 0.362. The van der Waals surface area contributed by atoms with E-state index in [1.165, 1.54) is 11.3 Å². The van der Waals surface area contributed by atoms with Gasteiger partial charge < -0.3 is 0 Å². The SMILES string of the molecule is Cc1ccccc1NS(=O)(=O)c1ccc(-c2nc(C(C)C)cs2)s1. The molecule has 24 heavy (non-hydrogen) atoms. The van der Waals surface area contributed by atoms with E-state index in [2.05, 4.69) is 23.6 Å². The van der Waals surface area contributed by atoms with Crippen molar-refractivity contribution in [3.05, 3.63) is 53.0 Å². The second-order valence-electron chi connectivity index (χ2n) is 5.77. The van der Waals surface area contributed by atoms with Crippen molar-refractivity contribution < 1.29 is 8.42 Å². The zero-order valence-electron chi connectivity index (χ0n) is 13.6. The summed E-state index contributed by atoms with van der Waals surface area (Å²) in [4.78, 5) is 5.46. The maximum absolute atomic E-state index is 12.6. The van der Waals surface area contributed by atoms with Crippen LogP contribution >= 0.6 is 22.7 Å². The van der Waals surface area contributed by atoms with Gasteiger partial charge >= 0.3 is 0 Å². The van der Waals surface area contributed by atoms with Crippen molar-refractivity contribution in [2.75, 3.05) is 4.72 Å². The third-order valence-electron chi connectivity index (χ3n) is 3.56. The van der Waals surface area contributed by atoms with Gasteiger partial charge in [0.25, 0.3) is 10.0 Å². The molecule has 0 amide bonds. The molecule has 0 fully saturated rings. The van der Waals surface area contributed by atoms with Crippen LogP contribution in [0.2, 0.25) is 0 Å². The number of thiophene rings is 1. The molecule has 0 aliphatic rings. The fraction of sp³-hybridized carbons (Fsp3) is 0.235. The fourth-order valence-corrected chi connectivity index (χ4v) is 5.62. The van der Waals surface area contributed by atoms with Gasteiger partial charge in [-0.05, 0) is 36.6 Å². The molecule has 7 heteroatoms. The smallest absolute Gasteiger partial charge is 0.271 e. The predicted octanol–water partition coefficient (Wildman–Crippen LogP) is 5.10. The number of rotatable bonds is 5. The number of hydrogen-bond donors (Lipinski definition) is 1. The third-order valence-corrected chi connectivity index (χ3v) is 7.53. The normalized spacial score (nSPS) is 11.8. The summed E-state index contributed by atoms with van der Waals surface area (Å²) in [6.07, 6.45) is 0. The molecule has 1 aromatic carbocycles. The number of benzene rings is 1. The zero-order chi connectivity index (χ0) is 17.3. The van der Waals surface area contributed by atoms with Crippen LogP contribution in [0.3, 0.4) is 0 Å². The molecule has 0 saturated heterocycles. The average Bonchev–Trinajstić information content (AvgIpc) is 3.18. The van der Waals surface area contributed by atoms with Gasteiger partial charge in [0.15, 0.2) is 0 Å². The first-order valence-corrected chi connectivity index (χ1v) is 10.7. The van der Waals surface area contributed by atoms with Gasteiger partial charge in [0.1, 0.15) is 9.22 Å². The highest BCUT2D eigenvalue weighted by Gasteiger charge is 2.19. The van der Waals surface area contributed by atoms with Gasteiger partial charge in [-0.1, -0.05) is 32.0 Å². The minimum Gasteiger partial charge on any atom is -0.279 e. The van der Waals surface area contributed by atoms with Crippen LogP contribution in [0.15, 0.2) is 46.0 Å². The van der Waals surface area contributed by atoms with Gasteiger partial charge in [-0.3, -0.25) is 4.72 Å². The van der Waals surface area contributed by atoms with Crippen LogP contribution in [0.5, 0.6) is 0 Å². The van der Waals surface area contributed by atoms with Crippen LogP contribution in [-0.4, -0.2) is 13.4 Å². The molecule has 4 nitrogen and oxygen atoms in total. The van der Waals surface area contributed by atoms with Crippen molar-refractivity contribution in [1.82, 2.24) is 4.98 Å². The molecular formula is C17H18N2O2S3. The van der Waals surface area contributed by atoms with Crippen LogP contribution in [0.25, 0.3) is 9.88 Å². The van der Waals surface area contributed by atoms with E-state index in [0.29, 0.717) is 15.8 Å². The number of nitrogens with zero attached hydrogens (tertiary/aromatic N) is 1. The average molecular weight is 379 g/mol. The Morgan fingerprint density at radius 2 is 1.88 bits per heavy atom. The maximum atomic E-state index is 12.6. The highest BCUT2D eigenvalue weighted by Crippen LogP contribution is 2.34. The lowest BCUT2D eigenvalue weighted by Crippen LogP contribution is -2.12. The molecule has 0 bridgehead atoms. The van der Waals surface area contributed by atoms with Crippen LogP contribution in [0.1, 0.15) is 31.0 Å². The van der Waals surface area contributed by atoms with E-state index in [1.54, 1.807) is 23.5 Å². The van der Waals surface area contributed by atoms with Crippen molar-refractivity contribution >= 4 is 38.4 Å². The van der Waals surface area contributed by atoms with Crippen molar-refractivity contribution in [2.45, 2.75) is 30.9 Å². The summed E-state index contributed by atoms with van der Waals surface area (Å²) in [5, 5.41) is 2.89. The molecule has 0 aliphatic heterocycles. The quantitative estimate of drug-likeness (QED) is 0.671.